The third-order valence-electron chi connectivity index (χ3n) is 5.23. The molecule has 1 fully saturated rings. The monoisotopic (exact) mass is 385 g/mol. The molecule has 0 spiro atoms. The third kappa shape index (κ3) is 5.09. The maximum absolute atomic E-state index is 12.1. The molecule has 1 saturated heterocycles. The van der Waals surface area contributed by atoms with Crippen LogP contribution in [-0.4, -0.2) is 51.2 Å². The summed E-state index contributed by atoms with van der Waals surface area (Å²) in [5, 5.41) is 12.1. The summed E-state index contributed by atoms with van der Waals surface area (Å²) < 4.78 is 2.03. The van der Waals surface area contributed by atoms with Crippen molar-refractivity contribution in [1.82, 2.24) is 19.9 Å². The minimum Gasteiger partial charge on any atom is -0.477 e. The first kappa shape index (κ1) is 19.9. The Kier molecular flexibility index (Phi) is 6.62. The van der Waals surface area contributed by atoms with Gasteiger partial charge < -0.3 is 19.9 Å². The van der Waals surface area contributed by atoms with Crippen LogP contribution in [0.3, 0.4) is 0 Å². The summed E-state index contributed by atoms with van der Waals surface area (Å²) in [4.78, 5) is 33.5. The molecule has 0 atom stereocenters. The molecule has 0 radical (unpaired) electrons. The van der Waals surface area contributed by atoms with E-state index in [1.54, 1.807) is 12.3 Å². The quantitative estimate of drug-likeness (QED) is 0.720. The van der Waals surface area contributed by atoms with Crippen molar-refractivity contribution in [2.24, 2.45) is 5.92 Å². The molecule has 2 N–H and O–H groups in total. The van der Waals surface area contributed by atoms with Crippen LogP contribution < -0.4 is 10.2 Å². The molecule has 28 heavy (non-hydrogen) atoms. The SMILES string of the molecule is CCc1nccn1CCC(=O)NCC1CCN(c2ccnc(C(=O)O)c2)CC1. The summed E-state index contributed by atoms with van der Waals surface area (Å²) in [6, 6.07) is 3.46. The van der Waals surface area contributed by atoms with E-state index in [0.717, 1.165) is 43.9 Å². The number of carbonyl (C=O) groups excluding carboxylic acids is 1. The van der Waals surface area contributed by atoms with E-state index in [9.17, 15) is 9.59 Å². The Morgan fingerprint density at radius 2 is 2.04 bits per heavy atom. The summed E-state index contributed by atoms with van der Waals surface area (Å²) in [6.45, 7) is 5.09. The second-order valence-electron chi connectivity index (χ2n) is 7.08. The Morgan fingerprint density at radius 1 is 1.25 bits per heavy atom. The van der Waals surface area contributed by atoms with Gasteiger partial charge in [0.2, 0.25) is 5.91 Å². The van der Waals surface area contributed by atoms with Crippen LogP contribution in [0.25, 0.3) is 0 Å². The zero-order valence-corrected chi connectivity index (χ0v) is 16.2. The summed E-state index contributed by atoms with van der Waals surface area (Å²) in [6.07, 6.45) is 8.47. The van der Waals surface area contributed by atoms with E-state index in [1.807, 2.05) is 16.8 Å². The van der Waals surface area contributed by atoms with Crippen LogP contribution in [0.4, 0.5) is 5.69 Å². The van der Waals surface area contributed by atoms with Crippen molar-refractivity contribution >= 4 is 17.6 Å². The standard InChI is InChI=1S/C20H27N5O3/c1-2-18-22-8-12-25(18)11-6-19(26)23-14-15-4-9-24(10-5-15)16-3-7-21-17(13-16)20(27)28/h3,7-8,12-13,15H,2,4-6,9-11,14H2,1H3,(H,23,26)(H,27,28). The van der Waals surface area contributed by atoms with E-state index in [2.05, 4.69) is 27.1 Å². The van der Waals surface area contributed by atoms with Crippen LogP contribution in [0, 0.1) is 5.92 Å². The lowest BCUT2D eigenvalue weighted by atomic mass is 9.96. The molecule has 0 unspecified atom stereocenters. The molecule has 1 aliphatic heterocycles. The lowest BCUT2D eigenvalue weighted by molar-refractivity contribution is -0.121. The maximum Gasteiger partial charge on any atom is 0.354 e. The number of hydrogen-bond donors (Lipinski definition) is 2. The molecule has 8 nitrogen and oxygen atoms in total. The van der Waals surface area contributed by atoms with Gasteiger partial charge in [-0.3, -0.25) is 4.79 Å². The predicted molar refractivity (Wildman–Crippen MR) is 105 cm³/mol. The van der Waals surface area contributed by atoms with Crippen molar-refractivity contribution < 1.29 is 14.7 Å². The molecule has 8 heteroatoms. The molecule has 2 aromatic heterocycles. The Hall–Kier alpha value is -2.90. The van der Waals surface area contributed by atoms with Crippen LogP contribution in [0.5, 0.6) is 0 Å². The number of pyridine rings is 1. The highest BCUT2D eigenvalue weighted by Gasteiger charge is 2.21. The first-order valence-electron chi connectivity index (χ1n) is 9.77. The molecule has 3 heterocycles. The number of aromatic nitrogens is 3. The molecule has 1 amide bonds. The number of nitrogens with zero attached hydrogens (tertiary/aromatic N) is 4. The number of rotatable bonds is 8. The minimum absolute atomic E-state index is 0.0657. The van der Waals surface area contributed by atoms with Gasteiger partial charge in [-0.05, 0) is 30.9 Å². The molecule has 3 rings (SSSR count). The zero-order valence-electron chi connectivity index (χ0n) is 16.2. The molecule has 0 bridgehead atoms. The first-order valence-corrected chi connectivity index (χ1v) is 9.77. The smallest absolute Gasteiger partial charge is 0.354 e. The van der Waals surface area contributed by atoms with E-state index in [0.29, 0.717) is 25.4 Å². The highest BCUT2D eigenvalue weighted by Crippen LogP contribution is 2.23. The lowest BCUT2D eigenvalue weighted by Gasteiger charge is -2.33. The molecule has 1 aliphatic rings. The van der Waals surface area contributed by atoms with Crippen molar-refractivity contribution in [3.05, 3.63) is 42.2 Å². The number of hydrogen-bond acceptors (Lipinski definition) is 5. The average molecular weight is 385 g/mol. The van der Waals surface area contributed by atoms with E-state index < -0.39 is 5.97 Å². The molecule has 0 saturated carbocycles. The number of aromatic carboxylic acids is 1. The predicted octanol–water partition coefficient (Wildman–Crippen LogP) is 1.96. The third-order valence-corrected chi connectivity index (χ3v) is 5.23. The van der Waals surface area contributed by atoms with Gasteiger partial charge in [0.15, 0.2) is 0 Å². The van der Waals surface area contributed by atoms with E-state index >= 15 is 0 Å². The molecular formula is C20H27N5O3. The molecular weight excluding hydrogens is 358 g/mol. The van der Waals surface area contributed by atoms with Gasteiger partial charge in [0.1, 0.15) is 11.5 Å². The van der Waals surface area contributed by atoms with Crippen molar-refractivity contribution in [2.45, 2.75) is 39.2 Å². The molecule has 0 aliphatic carbocycles. The van der Waals surface area contributed by atoms with Gasteiger partial charge in [-0.2, -0.15) is 0 Å². The largest absolute Gasteiger partial charge is 0.477 e. The van der Waals surface area contributed by atoms with Crippen molar-refractivity contribution in [1.29, 1.82) is 0 Å². The number of carboxylic acids is 1. The number of imidazole rings is 1. The highest BCUT2D eigenvalue weighted by molar-refractivity contribution is 5.86. The Morgan fingerprint density at radius 3 is 2.75 bits per heavy atom. The second-order valence-corrected chi connectivity index (χ2v) is 7.08. The van der Waals surface area contributed by atoms with E-state index in [4.69, 9.17) is 5.11 Å². The van der Waals surface area contributed by atoms with Crippen molar-refractivity contribution in [3.8, 4) is 0 Å². The van der Waals surface area contributed by atoms with Crippen molar-refractivity contribution in [2.75, 3.05) is 24.5 Å². The number of anilines is 1. The van der Waals surface area contributed by atoms with Gasteiger partial charge in [-0.1, -0.05) is 6.92 Å². The van der Waals surface area contributed by atoms with Gasteiger partial charge in [0, 0.05) is 63.3 Å². The van der Waals surface area contributed by atoms with E-state index in [1.165, 1.54) is 6.20 Å². The fourth-order valence-corrected chi connectivity index (χ4v) is 3.55. The van der Waals surface area contributed by atoms with Gasteiger partial charge in [0.25, 0.3) is 0 Å². The average Bonchev–Trinajstić information content (AvgIpc) is 3.19. The van der Waals surface area contributed by atoms with Gasteiger partial charge in [-0.15, -0.1) is 0 Å². The summed E-state index contributed by atoms with van der Waals surface area (Å²) >= 11 is 0. The fourth-order valence-electron chi connectivity index (χ4n) is 3.55. The number of nitrogens with one attached hydrogen (secondary N) is 1. The number of carbonyl (C=O) groups is 2. The van der Waals surface area contributed by atoms with E-state index in [-0.39, 0.29) is 11.6 Å². The fraction of sp³-hybridized carbons (Fsp3) is 0.500. The van der Waals surface area contributed by atoms with Gasteiger partial charge >= 0.3 is 5.97 Å². The summed E-state index contributed by atoms with van der Waals surface area (Å²) in [7, 11) is 0. The number of aryl methyl sites for hydroxylation is 2. The van der Waals surface area contributed by atoms with Crippen LogP contribution in [0.15, 0.2) is 30.7 Å². The van der Waals surface area contributed by atoms with Gasteiger partial charge in [-0.25, -0.2) is 14.8 Å². The van der Waals surface area contributed by atoms with Crippen LogP contribution >= 0.6 is 0 Å². The number of piperidine rings is 1. The Balaban J connectivity index is 1.40. The second kappa shape index (κ2) is 9.34. The maximum atomic E-state index is 12.1. The number of carboxylic acid groups (broad SMARTS) is 1. The normalized spacial score (nSPS) is 14.8. The lowest BCUT2D eigenvalue weighted by Crippen LogP contribution is -2.39. The molecule has 150 valence electrons. The molecule has 2 aromatic rings. The van der Waals surface area contributed by atoms with Crippen LogP contribution in [0.2, 0.25) is 0 Å². The Bertz CT molecular complexity index is 812. The van der Waals surface area contributed by atoms with Gasteiger partial charge in [0.05, 0.1) is 0 Å². The molecule has 0 aromatic carbocycles. The summed E-state index contributed by atoms with van der Waals surface area (Å²) in [5.74, 6) is 0.502. The van der Waals surface area contributed by atoms with Crippen molar-refractivity contribution in [3.63, 3.8) is 0 Å². The zero-order chi connectivity index (χ0) is 19.9. The Labute approximate surface area is 164 Å². The number of amides is 1. The first-order chi connectivity index (χ1) is 13.6. The highest BCUT2D eigenvalue weighted by atomic mass is 16.4. The van der Waals surface area contributed by atoms with Crippen LogP contribution in [-0.2, 0) is 17.8 Å². The van der Waals surface area contributed by atoms with Crippen LogP contribution in [0.1, 0.15) is 42.5 Å². The summed E-state index contributed by atoms with van der Waals surface area (Å²) in [5.41, 5.74) is 0.956. The topological polar surface area (TPSA) is 100 Å². The minimum atomic E-state index is -1.01.